The van der Waals surface area contributed by atoms with Crippen molar-refractivity contribution >= 4 is 17.5 Å². The third-order valence-electron chi connectivity index (χ3n) is 2.94. The summed E-state index contributed by atoms with van der Waals surface area (Å²) in [5, 5.41) is 7.82. The molecule has 0 aliphatic rings. The van der Waals surface area contributed by atoms with Gasteiger partial charge in [0.2, 0.25) is 0 Å². The zero-order valence-corrected chi connectivity index (χ0v) is 12.7. The summed E-state index contributed by atoms with van der Waals surface area (Å²) in [6.45, 7) is 5.61. The van der Waals surface area contributed by atoms with Gasteiger partial charge in [-0.05, 0) is 32.9 Å². The van der Waals surface area contributed by atoms with E-state index < -0.39 is 22.7 Å². The Kier molecular flexibility index (Phi) is 4.72. The molecule has 0 spiro atoms. The molecular formula is C14H15F2N3OS. The number of halogens is 2. The van der Waals surface area contributed by atoms with Crippen molar-refractivity contribution in [3.05, 3.63) is 41.7 Å². The van der Waals surface area contributed by atoms with Crippen LogP contribution in [-0.4, -0.2) is 25.8 Å². The van der Waals surface area contributed by atoms with Gasteiger partial charge in [-0.1, -0.05) is 11.8 Å². The molecule has 7 heteroatoms. The van der Waals surface area contributed by atoms with Crippen molar-refractivity contribution in [3.8, 4) is 0 Å². The van der Waals surface area contributed by atoms with Crippen LogP contribution in [0.5, 0.6) is 0 Å². The second kappa shape index (κ2) is 6.34. The van der Waals surface area contributed by atoms with Gasteiger partial charge in [0.25, 0.3) is 0 Å². The predicted octanol–water partition coefficient (Wildman–Crippen LogP) is 3.50. The van der Waals surface area contributed by atoms with Crippen molar-refractivity contribution < 1.29 is 13.6 Å². The van der Waals surface area contributed by atoms with Gasteiger partial charge in [-0.25, -0.2) is 8.78 Å². The summed E-state index contributed by atoms with van der Waals surface area (Å²) in [4.78, 5) is 12.2. The predicted molar refractivity (Wildman–Crippen MR) is 76.4 cm³/mol. The van der Waals surface area contributed by atoms with Gasteiger partial charge in [0.15, 0.2) is 10.9 Å². The van der Waals surface area contributed by atoms with E-state index in [4.69, 9.17) is 0 Å². The molecular weight excluding hydrogens is 296 g/mol. The van der Waals surface area contributed by atoms with Crippen molar-refractivity contribution in [1.29, 1.82) is 0 Å². The van der Waals surface area contributed by atoms with E-state index in [9.17, 15) is 13.6 Å². The normalized spacial score (nSPS) is 12.7. The van der Waals surface area contributed by atoms with Crippen molar-refractivity contribution in [2.45, 2.75) is 37.2 Å². The Labute approximate surface area is 125 Å². The highest BCUT2D eigenvalue weighted by atomic mass is 32.2. The first-order chi connectivity index (χ1) is 9.90. The van der Waals surface area contributed by atoms with E-state index in [0.29, 0.717) is 11.2 Å². The molecule has 0 fully saturated rings. The summed E-state index contributed by atoms with van der Waals surface area (Å²) in [7, 11) is 0. The number of ketones is 1. The molecule has 0 saturated carbocycles. The summed E-state index contributed by atoms with van der Waals surface area (Å²) < 4.78 is 28.4. The average molecular weight is 311 g/mol. The maximum Gasteiger partial charge on any atom is 0.191 e. The van der Waals surface area contributed by atoms with E-state index in [-0.39, 0.29) is 11.6 Å². The number of aromatic nitrogens is 3. The quantitative estimate of drug-likeness (QED) is 0.626. The molecule has 112 valence electrons. The lowest BCUT2D eigenvalue weighted by molar-refractivity contribution is 0.0990. The third-order valence-corrected chi connectivity index (χ3v) is 4.02. The molecule has 1 aromatic heterocycles. The van der Waals surface area contributed by atoms with Crippen LogP contribution in [0.25, 0.3) is 0 Å². The molecule has 0 radical (unpaired) electrons. The highest BCUT2D eigenvalue weighted by Gasteiger charge is 2.22. The molecule has 1 unspecified atom stereocenters. The lowest BCUT2D eigenvalue weighted by atomic mass is 10.1. The molecule has 0 saturated heterocycles. The summed E-state index contributed by atoms with van der Waals surface area (Å²) in [5.41, 5.74) is -0.119. The van der Waals surface area contributed by atoms with Crippen molar-refractivity contribution in [1.82, 2.24) is 14.8 Å². The number of nitrogens with zero attached hydrogens (tertiary/aromatic N) is 3. The zero-order chi connectivity index (χ0) is 15.6. The van der Waals surface area contributed by atoms with E-state index in [0.717, 1.165) is 12.1 Å². The SMILES string of the molecule is CC(Sc1nncn1C(C)C)C(=O)c1ccc(F)cc1F. The molecule has 2 rings (SSSR count). The Hall–Kier alpha value is -1.76. The topological polar surface area (TPSA) is 47.8 Å². The number of thioether (sulfide) groups is 1. The third kappa shape index (κ3) is 3.47. The van der Waals surface area contributed by atoms with Crippen LogP contribution in [-0.2, 0) is 0 Å². The molecule has 1 atom stereocenters. The largest absolute Gasteiger partial charge is 0.306 e. The van der Waals surface area contributed by atoms with Crippen molar-refractivity contribution in [2.24, 2.45) is 0 Å². The van der Waals surface area contributed by atoms with Gasteiger partial charge in [-0.15, -0.1) is 10.2 Å². The molecule has 1 heterocycles. The highest BCUT2D eigenvalue weighted by molar-refractivity contribution is 8.00. The molecule has 0 aliphatic heterocycles. The fraction of sp³-hybridized carbons (Fsp3) is 0.357. The molecule has 0 aliphatic carbocycles. The van der Waals surface area contributed by atoms with Gasteiger partial charge in [0, 0.05) is 12.1 Å². The monoisotopic (exact) mass is 311 g/mol. The van der Waals surface area contributed by atoms with Crippen LogP contribution in [0.4, 0.5) is 8.78 Å². The van der Waals surface area contributed by atoms with Crippen molar-refractivity contribution in [2.75, 3.05) is 0 Å². The maximum absolute atomic E-state index is 13.6. The maximum atomic E-state index is 13.6. The smallest absolute Gasteiger partial charge is 0.191 e. The molecule has 1 aromatic carbocycles. The summed E-state index contributed by atoms with van der Waals surface area (Å²) in [6.07, 6.45) is 1.59. The Balaban J connectivity index is 2.18. The molecule has 0 bridgehead atoms. The van der Waals surface area contributed by atoms with Gasteiger partial charge in [0.05, 0.1) is 10.8 Å². The number of benzene rings is 1. The number of carbonyl (C=O) groups is 1. The summed E-state index contributed by atoms with van der Waals surface area (Å²) >= 11 is 1.20. The lowest BCUT2D eigenvalue weighted by Gasteiger charge is -2.13. The number of hydrogen-bond acceptors (Lipinski definition) is 4. The van der Waals surface area contributed by atoms with Gasteiger partial charge in [-0.3, -0.25) is 4.79 Å². The molecule has 4 nitrogen and oxygen atoms in total. The average Bonchev–Trinajstić information content (AvgIpc) is 2.86. The van der Waals surface area contributed by atoms with E-state index in [1.165, 1.54) is 11.8 Å². The first-order valence-electron chi connectivity index (χ1n) is 6.45. The number of rotatable bonds is 5. The van der Waals surface area contributed by atoms with Gasteiger partial charge in [0.1, 0.15) is 18.0 Å². The minimum Gasteiger partial charge on any atom is -0.306 e. The van der Waals surface area contributed by atoms with Crippen LogP contribution in [0.15, 0.2) is 29.7 Å². The Bertz CT molecular complexity index is 657. The fourth-order valence-corrected chi connectivity index (χ4v) is 2.81. The minimum atomic E-state index is -0.849. The highest BCUT2D eigenvalue weighted by Crippen LogP contribution is 2.26. The van der Waals surface area contributed by atoms with E-state index in [2.05, 4.69) is 10.2 Å². The van der Waals surface area contributed by atoms with Crippen LogP contribution >= 0.6 is 11.8 Å². The minimum absolute atomic E-state index is 0.119. The van der Waals surface area contributed by atoms with E-state index in [1.807, 2.05) is 18.4 Å². The second-order valence-electron chi connectivity index (χ2n) is 4.86. The number of hydrogen-bond donors (Lipinski definition) is 0. The molecule has 21 heavy (non-hydrogen) atoms. The standard InChI is InChI=1S/C14H15F2N3OS/c1-8(2)19-7-17-18-14(19)21-9(3)13(20)11-5-4-10(15)6-12(11)16/h4-9H,1-3H3. The van der Waals surface area contributed by atoms with Crippen LogP contribution in [0.3, 0.4) is 0 Å². The van der Waals surface area contributed by atoms with E-state index in [1.54, 1.807) is 13.3 Å². The van der Waals surface area contributed by atoms with Gasteiger partial charge >= 0.3 is 0 Å². The molecule has 0 N–H and O–H groups in total. The lowest BCUT2D eigenvalue weighted by Crippen LogP contribution is -2.16. The van der Waals surface area contributed by atoms with Crippen molar-refractivity contribution in [3.63, 3.8) is 0 Å². The van der Waals surface area contributed by atoms with Gasteiger partial charge in [-0.2, -0.15) is 0 Å². The summed E-state index contributed by atoms with van der Waals surface area (Å²) in [5.74, 6) is -1.96. The first kappa shape index (κ1) is 15.6. The summed E-state index contributed by atoms with van der Waals surface area (Å²) in [6, 6.07) is 3.11. The Morgan fingerprint density at radius 1 is 1.29 bits per heavy atom. The van der Waals surface area contributed by atoms with Gasteiger partial charge < -0.3 is 4.57 Å². The Morgan fingerprint density at radius 2 is 2.00 bits per heavy atom. The fourth-order valence-electron chi connectivity index (χ4n) is 1.79. The zero-order valence-electron chi connectivity index (χ0n) is 11.9. The first-order valence-corrected chi connectivity index (χ1v) is 7.33. The van der Waals surface area contributed by atoms with Crippen LogP contribution < -0.4 is 0 Å². The number of carbonyl (C=O) groups excluding carboxylic acids is 1. The molecule has 0 amide bonds. The number of Topliss-reactive ketones (excluding diaryl/α,β-unsaturated/α-hetero) is 1. The van der Waals surface area contributed by atoms with Crippen LogP contribution in [0.1, 0.15) is 37.2 Å². The second-order valence-corrected chi connectivity index (χ2v) is 6.17. The van der Waals surface area contributed by atoms with E-state index >= 15 is 0 Å². The van der Waals surface area contributed by atoms with Crippen LogP contribution in [0, 0.1) is 11.6 Å². The van der Waals surface area contributed by atoms with Crippen LogP contribution in [0.2, 0.25) is 0 Å². The Morgan fingerprint density at radius 3 is 2.62 bits per heavy atom. The molecule has 2 aromatic rings.